The van der Waals surface area contributed by atoms with E-state index in [4.69, 9.17) is 14.2 Å². The van der Waals surface area contributed by atoms with Crippen LogP contribution in [0.15, 0.2) is 0 Å². The van der Waals surface area contributed by atoms with Gasteiger partial charge in [-0.1, -0.05) is 20.8 Å². The molecule has 0 aromatic heterocycles. The van der Waals surface area contributed by atoms with E-state index in [0.29, 0.717) is 57.3 Å². The molecule has 0 heterocycles. The van der Waals surface area contributed by atoms with E-state index in [9.17, 15) is 28.3 Å². The summed E-state index contributed by atoms with van der Waals surface area (Å²) in [5, 5.41) is 11.0. The number of ether oxygens (including phenoxy) is 3. The van der Waals surface area contributed by atoms with Gasteiger partial charge < -0.3 is 19.3 Å². The first-order valence-electron chi connectivity index (χ1n) is 14.8. The van der Waals surface area contributed by atoms with Gasteiger partial charge in [0, 0.05) is 11.8 Å². The molecule has 8 fully saturated rings. The summed E-state index contributed by atoms with van der Waals surface area (Å²) in [5.41, 5.74) is -3.89. The van der Waals surface area contributed by atoms with Crippen LogP contribution in [0.5, 0.6) is 0 Å². The Bertz CT molecular complexity index is 1020. The van der Waals surface area contributed by atoms with Crippen molar-refractivity contribution in [1.82, 2.24) is 0 Å². The van der Waals surface area contributed by atoms with Crippen molar-refractivity contribution in [2.45, 2.75) is 109 Å². The Hall–Kier alpha value is -1.61. The van der Waals surface area contributed by atoms with E-state index in [0.717, 1.165) is 19.3 Å². The Labute approximate surface area is 228 Å². The molecule has 7 nitrogen and oxygen atoms in total. The molecule has 8 aliphatic carbocycles. The monoisotopic (exact) mass is 552 g/mol. The van der Waals surface area contributed by atoms with Crippen LogP contribution in [-0.2, 0) is 28.6 Å². The first-order chi connectivity index (χ1) is 18.1. The highest BCUT2D eigenvalue weighted by atomic mass is 19.3. The molecular weight excluding hydrogens is 510 g/mol. The molecule has 5 unspecified atom stereocenters. The van der Waals surface area contributed by atoms with Crippen molar-refractivity contribution in [3.05, 3.63) is 0 Å². The third-order valence-corrected chi connectivity index (χ3v) is 10.9. The van der Waals surface area contributed by atoms with E-state index < -0.39 is 52.6 Å². The Morgan fingerprint density at radius 1 is 0.872 bits per heavy atom. The topological polar surface area (TPSA) is 99.1 Å². The van der Waals surface area contributed by atoms with E-state index in [1.165, 1.54) is 20.8 Å². The van der Waals surface area contributed by atoms with Crippen LogP contribution in [0.25, 0.3) is 0 Å². The highest BCUT2D eigenvalue weighted by Crippen LogP contribution is 2.62. The van der Waals surface area contributed by atoms with Crippen molar-refractivity contribution in [2.24, 2.45) is 45.8 Å². The summed E-state index contributed by atoms with van der Waals surface area (Å²) in [7, 11) is 0. The molecule has 8 saturated carbocycles. The van der Waals surface area contributed by atoms with E-state index in [1.807, 2.05) is 0 Å². The van der Waals surface area contributed by atoms with E-state index in [-0.39, 0.29) is 36.1 Å². The third kappa shape index (κ3) is 4.73. The first kappa shape index (κ1) is 27.6. The van der Waals surface area contributed by atoms with Crippen molar-refractivity contribution in [3.8, 4) is 0 Å². The van der Waals surface area contributed by atoms with Crippen LogP contribution in [0.1, 0.15) is 91.4 Å². The number of aliphatic hydroxyl groups is 1. The maximum Gasteiger partial charge on any atom is 0.360 e. The van der Waals surface area contributed by atoms with Crippen LogP contribution in [-0.4, -0.2) is 53.9 Å². The lowest BCUT2D eigenvalue weighted by atomic mass is 9.48. The zero-order valence-electron chi connectivity index (χ0n) is 23.3. The van der Waals surface area contributed by atoms with E-state index in [1.54, 1.807) is 0 Å². The quantitative estimate of drug-likeness (QED) is 0.431. The fraction of sp³-hybridized carbons (Fsp3) is 0.900. The van der Waals surface area contributed by atoms with Gasteiger partial charge in [0.25, 0.3) is 0 Å². The second kappa shape index (κ2) is 8.94. The van der Waals surface area contributed by atoms with Crippen molar-refractivity contribution in [2.75, 3.05) is 13.2 Å². The number of hydrogen-bond acceptors (Lipinski definition) is 7. The number of hydrogen-bond donors (Lipinski definition) is 1. The lowest BCUT2D eigenvalue weighted by Gasteiger charge is -2.58. The molecule has 218 valence electrons. The average molecular weight is 553 g/mol. The van der Waals surface area contributed by atoms with Crippen molar-refractivity contribution < 1.29 is 42.5 Å². The molecule has 0 aromatic carbocycles. The van der Waals surface area contributed by atoms with Gasteiger partial charge in [-0.15, -0.1) is 0 Å². The molecule has 9 heteroatoms. The second-order valence-corrected chi connectivity index (χ2v) is 15.2. The highest BCUT2D eigenvalue weighted by molar-refractivity contribution is 5.89. The lowest BCUT2D eigenvalue weighted by molar-refractivity contribution is -0.304. The summed E-state index contributed by atoms with van der Waals surface area (Å²) in [4.78, 5) is 39.6. The Morgan fingerprint density at radius 2 is 1.46 bits per heavy atom. The third-order valence-electron chi connectivity index (χ3n) is 10.9. The highest BCUT2D eigenvalue weighted by Gasteiger charge is 2.62. The zero-order chi connectivity index (χ0) is 28.0. The van der Waals surface area contributed by atoms with Gasteiger partial charge >= 0.3 is 18.0 Å². The molecule has 1 N–H and O–H groups in total. The average Bonchev–Trinajstić information content (AvgIpc) is 2.81. The summed E-state index contributed by atoms with van der Waals surface area (Å²) in [6.45, 7) is 3.08. The molecule has 0 spiro atoms. The van der Waals surface area contributed by atoms with E-state index in [2.05, 4.69) is 0 Å². The van der Waals surface area contributed by atoms with Gasteiger partial charge in [0.2, 0.25) is 0 Å². The van der Waals surface area contributed by atoms with Gasteiger partial charge in [0.05, 0.1) is 28.5 Å². The van der Waals surface area contributed by atoms with Crippen LogP contribution in [0.3, 0.4) is 0 Å². The maximum absolute atomic E-state index is 14.7. The minimum Gasteiger partial charge on any atom is -0.461 e. The number of halogens is 2. The van der Waals surface area contributed by atoms with Crippen LogP contribution < -0.4 is 0 Å². The van der Waals surface area contributed by atoms with Crippen LogP contribution in [0, 0.1) is 45.8 Å². The summed E-state index contributed by atoms with van der Waals surface area (Å²) < 4.78 is 45.9. The molecule has 5 atom stereocenters. The van der Waals surface area contributed by atoms with Crippen LogP contribution in [0.2, 0.25) is 0 Å². The molecule has 39 heavy (non-hydrogen) atoms. The molecule has 0 amide bonds. The number of alkyl halides is 2. The fourth-order valence-electron chi connectivity index (χ4n) is 9.58. The van der Waals surface area contributed by atoms with Gasteiger partial charge in [0.1, 0.15) is 12.4 Å². The van der Waals surface area contributed by atoms with Crippen molar-refractivity contribution >= 4 is 17.7 Å². The summed E-state index contributed by atoms with van der Waals surface area (Å²) >= 11 is 0. The first-order valence-corrected chi connectivity index (χ1v) is 14.8. The Kier molecular flexibility index (Phi) is 6.32. The molecule has 8 rings (SSSR count). The predicted octanol–water partition coefficient (Wildman–Crippen LogP) is 4.82. The predicted molar refractivity (Wildman–Crippen MR) is 134 cm³/mol. The summed E-state index contributed by atoms with van der Waals surface area (Å²) in [6.07, 6.45) is 2.56. The largest absolute Gasteiger partial charge is 0.461 e. The van der Waals surface area contributed by atoms with Crippen molar-refractivity contribution in [3.63, 3.8) is 0 Å². The molecule has 0 saturated heterocycles. The number of esters is 2. The lowest BCUT2D eigenvalue weighted by Crippen LogP contribution is -2.58. The van der Waals surface area contributed by atoms with Gasteiger partial charge in [-0.3, -0.25) is 14.4 Å². The standard InChI is InChI=1S/C30H42F2O7/c1-26(2,3)30(31,32)38-15-22(39-25(35)27-7-17-5-20(12-27)23(33)21(6-17)13-27)14-37-24(34)28-8-18-4-19(9-28)11-29(36,10-18)16-28/h17-22,36H,4-16H2,1-3H3. The molecule has 0 radical (unpaired) electrons. The zero-order valence-corrected chi connectivity index (χ0v) is 23.3. The smallest absolute Gasteiger partial charge is 0.360 e. The second-order valence-electron chi connectivity index (χ2n) is 15.2. The van der Waals surface area contributed by atoms with Gasteiger partial charge in [-0.05, 0) is 88.4 Å². The molecule has 8 aliphatic rings. The van der Waals surface area contributed by atoms with Gasteiger partial charge in [-0.25, -0.2) is 0 Å². The number of Topliss-reactive ketones (excluding diaryl/α,β-unsaturated/α-hetero) is 1. The number of ketones is 1. The summed E-state index contributed by atoms with van der Waals surface area (Å²) in [6, 6.07) is 0. The van der Waals surface area contributed by atoms with Gasteiger partial charge in [0.15, 0.2) is 6.10 Å². The number of carbonyl (C=O) groups excluding carboxylic acids is 3. The van der Waals surface area contributed by atoms with E-state index >= 15 is 0 Å². The minimum atomic E-state index is -3.49. The van der Waals surface area contributed by atoms with Crippen LogP contribution >= 0.6 is 0 Å². The Morgan fingerprint density at radius 3 is 2.03 bits per heavy atom. The minimum absolute atomic E-state index is 0.136. The number of carbonyl (C=O) groups is 3. The maximum atomic E-state index is 14.7. The molecule has 0 aromatic rings. The molecule has 8 bridgehead atoms. The fourth-order valence-corrected chi connectivity index (χ4v) is 9.58. The summed E-state index contributed by atoms with van der Waals surface area (Å²) in [5.74, 6) is -0.110. The van der Waals surface area contributed by atoms with Crippen LogP contribution in [0.4, 0.5) is 8.78 Å². The van der Waals surface area contributed by atoms with Gasteiger partial charge in [-0.2, -0.15) is 8.78 Å². The van der Waals surface area contributed by atoms with Crippen molar-refractivity contribution in [1.29, 1.82) is 0 Å². The normalized spacial score (nSPS) is 43.0. The number of rotatable bonds is 8. The molecule has 0 aliphatic heterocycles. The Balaban J connectivity index is 1.16. The molecular formula is C30H42F2O7. The SMILES string of the molecule is CC(C)(C)C(F)(F)OCC(COC(=O)C12CC3CC(CC(O)(C3)C1)C2)OC(=O)C12CC3CC(C1)C(=O)C(C3)C2.